The van der Waals surface area contributed by atoms with Gasteiger partial charge in [-0.3, -0.25) is 0 Å². The average Bonchev–Trinajstić information content (AvgIpc) is 3.05. The molecule has 4 aromatic rings. The van der Waals surface area contributed by atoms with Crippen molar-refractivity contribution in [2.75, 3.05) is 7.11 Å². The van der Waals surface area contributed by atoms with E-state index in [0.29, 0.717) is 17.6 Å². The minimum absolute atomic E-state index is 0.208. The Morgan fingerprint density at radius 2 is 2.00 bits per heavy atom. The number of rotatable bonds is 5. The largest absolute Gasteiger partial charge is 0.415 e. The van der Waals surface area contributed by atoms with Crippen LogP contribution >= 0.6 is 11.3 Å². The van der Waals surface area contributed by atoms with Crippen LogP contribution in [0.5, 0.6) is 5.88 Å². The minimum atomic E-state index is -2.94. The van der Waals surface area contributed by atoms with E-state index >= 15 is 0 Å². The third-order valence-corrected chi connectivity index (χ3v) is 5.19. The molecule has 0 saturated heterocycles. The maximum absolute atomic E-state index is 12.5. The number of hydrogen-bond acceptors (Lipinski definition) is 6. The van der Waals surface area contributed by atoms with Gasteiger partial charge in [-0.15, -0.1) is 11.3 Å². The third kappa shape index (κ3) is 3.45. The fourth-order valence-electron chi connectivity index (χ4n) is 2.95. The molecule has 0 aliphatic heterocycles. The second-order valence-electron chi connectivity index (χ2n) is 5.98. The second-order valence-corrected chi connectivity index (χ2v) is 6.98. The van der Waals surface area contributed by atoms with Gasteiger partial charge in [0.25, 0.3) is 0 Å². The smallest absolute Gasteiger partial charge is 0.388 e. The molecule has 5 nitrogen and oxygen atoms in total. The van der Waals surface area contributed by atoms with Crippen LogP contribution in [0.3, 0.4) is 0 Å². The lowest BCUT2D eigenvalue weighted by Gasteiger charge is -2.07. The van der Waals surface area contributed by atoms with Gasteiger partial charge < -0.3 is 9.47 Å². The first-order valence-corrected chi connectivity index (χ1v) is 8.97. The SMILES string of the molecule is COCc1cccc2nc(-c3cc(C)cc4nc(OC(F)F)cnc34)sc12. The Morgan fingerprint density at radius 1 is 1.15 bits per heavy atom. The number of nitrogens with zero attached hydrogens (tertiary/aromatic N) is 3. The van der Waals surface area contributed by atoms with Crippen LogP contribution in [-0.2, 0) is 11.3 Å². The molecule has 4 rings (SSSR count). The summed E-state index contributed by atoms with van der Waals surface area (Å²) in [5.74, 6) is -0.208. The fourth-order valence-corrected chi connectivity index (χ4v) is 4.03. The molecule has 138 valence electrons. The van der Waals surface area contributed by atoms with Crippen LogP contribution in [0, 0.1) is 6.92 Å². The molecule has 0 aliphatic rings. The summed E-state index contributed by atoms with van der Waals surface area (Å²) in [7, 11) is 1.66. The van der Waals surface area contributed by atoms with Crippen LogP contribution in [0.15, 0.2) is 36.5 Å². The van der Waals surface area contributed by atoms with E-state index in [0.717, 1.165) is 31.9 Å². The lowest BCUT2D eigenvalue weighted by molar-refractivity contribution is -0.0528. The number of aromatic nitrogens is 3. The van der Waals surface area contributed by atoms with Crippen molar-refractivity contribution in [2.45, 2.75) is 20.1 Å². The molecule has 0 aliphatic carbocycles. The molecule has 0 unspecified atom stereocenters. The van der Waals surface area contributed by atoms with E-state index in [9.17, 15) is 8.78 Å². The molecular weight excluding hydrogens is 372 g/mol. The van der Waals surface area contributed by atoms with Gasteiger partial charge in [0.1, 0.15) is 5.01 Å². The average molecular weight is 387 g/mol. The fraction of sp³-hybridized carbons (Fsp3) is 0.211. The van der Waals surface area contributed by atoms with Gasteiger partial charge >= 0.3 is 6.61 Å². The lowest BCUT2D eigenvalue weighted by atomic mass is 10.1. The summed E-state index contributed by atoms with van der Waals surface area (Å²) in [6, 6.07) is 9.66. The van der Waals surface area contributed by atoms with Crippen molar-refractivity contribution in [1.82, 2.24) is 15.0 Å². The number of halogens is 2. The Kier molecular flexibility index (Phi) is 4.67. The van der Waals surface area contributed by atoms with E-state index < -0.39 is 6.61 Å². The van der Waals surface area contributed by atoms with Crippen LogP contribution in [0.25, 0.3) is 31.8 Å². The normalized spacial score (nSPS) is 11.6. The van der Waals surface area contributed by atoms with Crippen LogP contribution in [0.1, 0.15) is 11.1 Å². The van der Waals surface area contributed by atoms with E-state index in [1.54, 1.807) is 24.5 Å². The van der Waals surface area contributed by atoms with E-state index in [-0.39, 0.29) is 5.88 Å². The Hall–Kier alpha value is -2.71. The van der Waals surface area contributed by atoms with Gasteiger partial charge in [0.05, 0.1) is 34.1 Å². The van der Waals surface area contributed by atoms with Crippen molar-refractivity contribution in [3.8, 4) is 16.5 Å². The molecule has 0 atom stereocenters. The maximum atomic E-state index is 12.5. The minimum Gasteiger partial charge on any atom is -0.415 e. The number of fused-ring (bicyclic) bond motifs is 2. The van der Waals surface area contributed by atoms with Crippen molar-refractivity contribution in [3.63, 3.8) is 0 Å². The topological polar surface area (TPSA) is 57.1 Å². The molecule has 0 N–H and O–H groups in total. The zero-order valence-corrected chi connectivity index (χ0v) is 15.4. The van der Waals surface area contributed by atoms with Crippen LogP contribution < -0.4 is 4.74 Å². The molecule has 0 amide bonds. The molecule has 0 radical (unpaired) electrons. The summed E-state index contributed by atoms with van der Waals surface area (Å²) in [5.41, 5.74) is 4.76. The van der Waals surface area contributed by atoms with Gasteiger partial charge in [0.2, 0.25) is 5.88 Å². The highest BCUT2D eigenvalue weighted by molar-refractivity contribution is 7.22. The summed E-state index contributed by atoms with van der Waals surface area (Å²) in [6.45, 7) is -0.527. The molecule has 0 fully saturated rings. The predicted octanol–water partition coefficient (Wildman–Crippen LogP) is 4.96. The molecule has 2 aromatic heterocycles. The van der Waals surface area contributed by atoms with Crippen molar-refractivity contribution >= 4 is 32.6 Å². The Morgan fingerprint density at radius 3 is 2.78 bits per heavy atom. The van der Waals surface area contributed by atoms with Crippen molar-refractivity contribution in [1.29, 1.82) is 0 Å². The monoisotopic (exact) mass is 387 g/mol. The molecule has 0 bridgehead atoms. The number of ether oxygens (including phenoxy) is 2. The highest BCUT2D eigenvalue weighted by Crippen LogP contribution is 2.36. The van der Waals surface area contributed by atoms with Crippen molar-refractivity contribution in [2.24, 2.45) is 0 Å². The van der Waals surface area contributed by atoms with Gasteiger partial charge in [0, 0.05) is 12.7 Å². The highest BCUT2D eigenvalue weighted by atomic mass is 32.1. The molecule has 2 aromatic carbocycles. The second kappa shape index (κ2) is 7.13. The van der Waals surface area contributed by atoms with Gasteiger partial charge in [-0.25, -0.2) is 15.0 Å². The number of benzene rings is 2. The quantitative estimate of drug-likeness (QED) is 0.484. The number of hydrogen-bond donors (Lipinski definition) is 0. The molecule has 0 saturated carbocycles. The van der Waals surface area contributed by atoms with E-state index in [1.165, 1.54) is 6.20 Å². The van der Waals surface area contributed by atoms with Crippen LogP contribution in [0.2, 0.25) is 0 Å². The third-order valence-electron chi connectivity index (χ3n) is 4.01. The Balaban J connectivity index is 1.88. The number of thiazole rings is 1. The zero-order valence-electron chi connectivity index (χ0n) is 14.6. The first kappa shape index (κ1) is 17.7. The molecule has 8 heteroatoms. The molecule has 2 heterocycles. The van der Waals surface area contributed by atoms with Gasteiger partial charge in [-0.2, -0.15) is 8.78 Å². The summed E-state index contributed by atoms with van der Waals surface area (Å²) < 4.78 is 35.6. The predicted molar refractivity (Wildman–Crippen MR) is 100 cm³/mol. The first-order chi connectivity index (χ1) is 13.0. The van der Waals surface area contributed by atoms with E-state index in [4.69, 9.17) is 9.72 Å². The summed E-state index contributed by atoms with van der Waals surface area (Å²) in [4.78, 5) is 13.2. The van der Waals surface area contributed by atoms with E-state index in [1.807, 2.05) is 31.2 Å². The number of methoxy groups -OCH3 is 1. The van der Waals surface area contributed by atoms with Crippen molar-refractivity contribution in [3.05, 3.63) is 47.7 Å². The van der Waals surface area contributed by atoms with Gasteiger partial charge in [0.15, 0.2) is 0 Å². The first-order valence-electron chi connectivity index (χ1n) is 8.15. The highest BCUT2D eigenvalue weighted by Gasteiger charge is 2.15. The summed E-state index contributed by atoms with van der Waals surface area (Å²) in [6.07, 6.45) is 1.21. The van der Waals surface area contributed by atoms with Gasteiger partial charge in [-0.05, 0) is 36.2 Å². The standard InChI is InChI=1S/C19H15F2N3O2S/c1-10-6-12(16-14(7-10)23-15(8-22-16)26-19(20)21)18-24-13-5-3-4-11(9-25-2)17(13)27-18/h3-8,19H,9H2,1-2H3. The van der Waals surface area contributed by atoms with Gasteiger partial charge in [-0.1, -0.05) is 12.1 Å². The van der Waals surface area contributed by atoms with Crippen LogP contribution in [-0.4, -0.2) is 28.7 Å². The van der Waals surface area contributed by atoms with Crippen LogP contribution in [0.4, 0.5) is 8.78 Å². The molecule has 27 heavy (non-hydrogen) atoms. The zero-order chi connectivity index (χ0) is 19.0. The Bertz CT molecular complexity index is 1130. The summed E-state index contributed by atoms with van der Waals surface area (Å²) in [5, 5.41) is 0.791. The number of alkyl halides is 2. The Labute approximate surface area is 157 Å². The molecule has 0 spiro atoms. The number of aryl methyl sites for hydroxylation is 1. The lowest BCUT2D eigenvalue weighted by Crippen LogP contribution is -2.04. The van der Waals surface area contributed by atoms with E-state index in [2.05, 4.69) is 14.7 Å². The molecular formula is C19H15F2N3O2S. The maximum Gasteiger partial charge on any atom is 0.388 e. The van der Waals surface area contributed by atoms with Crippen molar-refractivity contribution < 1.29 is 18.3 Å². The summed E-state index contributed by atoms with van der Waals surface area (Å²) >= 11 is 1.55.